The Labute approximate surface area is 161 Å². The molecule has 0 aliphatic carbocycles. The number of nitrogens with zero attached hydrogens (tertiary/aromatic N) is 2. The summed E-state index contributed by atoms with van der Waals surface area (Å²) in [6.07, 6.45) is 0.160. The number of ether oxygens (including phenoxy) is 2. The molecule has 28 heavy (non-hydrogen) atoms. The Morgan fingerprint density at radius 1 is 1.14 bits per heavy atom. The van der Waals surface area contributed by atoms with E-state index in [2.05, 4.69) is 4.74 Å². The fourth-order valence-corrected chi connectivity index (χ4v) is 2.82. The van der Waals surface area contributed by atoms with Crippen molar-refractivity contribution in [2.45, 2.75) is 26.8 Å². The number of para-hydroxylation sites is 1. The van der Waals surface area contributed by atoms with Gasteiger partial charge in [-0.3, -0.25) is 19.7 Å². The van der Waals surface area contributed by atoms with Crippen LogP contribution in [-0.2, 0) is 20.8 Å². The summed E-state index contributed by atoms with van der Waals surface area (Å²) in [5, 5.41) is 11.0. The molecule has 0 bridgehead atoms. The van der Waals surface area contributed by atoms with Gasteiger partial charge >= 0.3 is 11.9 Å². The molecule has 1 aromatic carbocycles. The van der Waals surface area contributed by atoms with Gasteiger partial charge in [-0.25, -0.2) is 4.79 Å². The Bertz CT molecular complexity index is 930. The van der Waals surface area contributed by atoms with E-state index in [0.29, 0.717) is 17.8 Å². The molecule has 9 heteroatoms. The number of nitro groups is 1. The van der Waals surface area contributed by atoms with Crippen molar-refractivity contribution in [3.8, 4) is 0 Å². The second-order valence-electron chi connectivity index (χ2n) is 6.04. The van der Waals surface area contributed by atoms with Gasteiger partial charge in [0.2, 0.25) is 5.78 Å². The number of Topliss-reactive ketones (excluding diaryl/α,β-unsaturated/α-hetero) is 1. The molecule has 2 rings (SSSR count). The average molecular weight is 388 g/mol. The molecule has 0 fully saturated rings. The normalized spacial score (nSPS) is 10.4. The molecule has 0 unspecified atom stereocenters. The van der Waals surface area contributed by atoms with Gasteiger partial charge in [-0.05, 0) is 26.0 Å². The van der Waals surface area contributed by atoms with Crippen molar-refractivity contribution in [3.63, 3.8) is 0 Å². The second-order valence-corrected chi connectivity index (χ2v) is 6.04. The van der Waals surface area contributed by atoms with Crippen LogP contribution in [0, 0.1) is 24.0 Å². The van der Waals surface area contributed by atoms with E-state index in [4.69, 9.17) is 4.74 Å². The van der Waals surface area contributed by atoms with Gasteiger partial charge < -0.3 is 14.0 Å². The van der Waals surface area contributed by atoms with Crippen LogP contribution >= 0.6 is 0 Å². The molecule has 1 heterocycles. The van der Waals surface area contributed by atoms with Crippen LogP contribution in [0.2, 0.25) is 0 Å². The van der Waals surface area contributed by atoms with Crippen molar-refractivity contribution in [1.29, 1.82) is 0 Å². The van der Waals surface area contributed by atoms with Gasteiger partial charge in [0.05, 0.1) is 18.5 Å². The number of nitro benzene ring substituents is 1. The lowest BCUT2D eigenvalue weighted by Crippen LogP contribution is -2.16. The molecule has 0 N–H and O–H groups in total. The third-order valence-corrected chi connectivity index (χ3v) is 4.30. The molecule has 0 atom stereocenters. The summed E-state index contributed by atoms with van der Waals surface area (Å²) in [5.74, 6) is -1.75. The van der Waals surface area contributed by atoms with E-state index in [-0.39, 0.29) is 23.6 Å². The number of ketones is 1. The maximum atomic E-state index is 12.5. The number of benzene rings is 1. The van der Waals surface area contributed by atoms with Crippen LogP contribution in [-0.4, -0.2) is 40.9 Å². The molecule has 0 spiro atoms. The Hall–Kier alpha value is -3.49. The Kier molecular flexibility index (Phi) is 6.64. The van der Waals surface area contributed by atoms with E-state index in [9.17, 15) is 24.5 Å². The Morgan fingerprint density at radius 3 is 2.46 bits per heavy atom. The minimum Gasteiger partial charge on any atom is -0.469 e. The summed E-state index contributed by atoms with van der Waals surface area (Å²) >= 11 is 0. The molecule has 0 amide bonds. The lowest BCUT2D eigenvalue weighted by atomic mass is 10.1. The zero-order valence-corrected chi connectivity index (χ0v) is 15.8. The van der Waals surface area contributed by atoms with Crippen molar-refractivity contribution in [2.75, 3.05) is 13.7 Å². The quantitative estimate of drug-likeness (QED) is 0.295. The summed E-state index contributed by atoms with van der Waals surface area (Å²) < 4.78 is 11.4. The maximum absolute atomic E-state index is 12.5. The monoisotopic (exact) mass is 388 g/mol. The van der Waals surface area contributed by atoms with Gasteiger partial charge in [-0.2, -0.15) is 0 Å². The number of esters is 2. The number of aryl methyl sites for hydroxylation is 1. The highest BCUT2D eigenvalue weighted by Crippen LogP contribution is 2.20. The van der Waals surface area contributed by atoms with E-state index in [1.165, 1.54) is 31.4 Å². The highest BCUT2D eigenvalue weighted by atomic mass is 16.6. The third-order valence-electron chi connectivity index (χ3n) is 4.30. The van der Waals surface area contributed by atoms with Gasteiger partial charge in [-0.15, -0.1) is 0 Å². The van der Waals surface area contributed by atoms with Crippen LogP contribution in [0.5, 0.6) is 0 Å². The first-order valence-electron chi connectivity index (χ1n) is 8.43. The molecular weight excluding hydrogens is 368 g/mol. The molecule has 2 aromatic rings. The van der Waals surface area contributed by atoms with Gasteiger partial charge in [-0.1, -0.05) is 12.1 Å². The highest BCUT2D eigenvalue weighted by molar-refractivity contribution is 6.01. The van der Waals surface area contributed by atoms with Crippen LogP contribution in [0.4, 0.5) is 5.69 Å². The third kappa shape index (κ3) is 4.61. The van der Waals surface area contributed by atoms with Crippen LogP contribution in [0.25, 0.3) is 0 Å². The minimum atomic E-state index is -0.944. The van der Waals surface area contributed by atoms with E-state index in [1.807, 2.05) is 0 Å². The number of methoxy groups -OCH3 is 1. The predicted molar refractivity (Wildman–Crippen MR) is 98.2 cm³/mol. The number of carbonyl (C=O) groups is 3. The highest BCUT2D eigenvalue weighted by Gasteiger charge is 2.23. The van der Waals surface area contributed by atoms with E-state index < -0.39 is 23.3 Å². The van der Waals surface area contributed by atoms with Crippen molar-refractivity contribution >= 4 is 23.4 Å². The number of hydrogen-bond acceptors (Lipinski definition) is 7. The summed E-state index contributed by atoms with van der Waals surface area (Å²) in [6, 6.07) is 7.01. The molecule has 0 aliphatic rings. The first-order chi connectivity index (χ1) is 13.3. The molecule has 0 saturated heterocycles. The van der Waals surface area contributed by atoms with Crippen molar-refractivity contribution in [3.05, 3.63) is 63.0 Å². The van der Waals surface area contributed by atoms with E-state index in [1.54, 1.807) is 24.5 Å². The Balaban J connectivity index is 2.09. The summed E-state index contributed by atoms with van der Waals surface area (Å²) in [7, 11) is 1.30. The summed E-state index contributed by atoms with van der Waals surface area (Å²) in [4.78, 5) is 46.2. The smallest absolute Gasteiger partial charge is 0.345 e. The number of rotatable bonds is 8. The number of hydrogen-bond donors (Lipinski definition) is 0. The summed E-state index contributed by atoms with van der Waals surface area (Å²) in [6.45, 7) is 3.32. The van der Waals surface area contributed by atoms with E-state index >= 15 is 0 Å². The fraction of sp³-hybridized carbons (Fsp3) is 0.316. The lowest BCUT2D eigenvalue weighted by Gasteiger charge is -2.09. The standard InChI is InChI=1S/C19H20N2O7/c1-12-10-15(13(2)20(12)9-8-18(23)27-3)17(22)11-28-19(24)14-6-4-5-7-16(14)21(25)26/h4-7,10H,8-9,11H2,1-3H3. The predicted octanol–water partition coefficient (Wildman–Crippen LogP) is 2.62. The fourth-order valence-electron chi connectivity index (χ4n) is 2.82. The van der Waals surface area contributed by atoms with Gasteiger partial charge in [0, 0.05) is 29.6 Å². The number of carbonyl (C=O) groups excluding carboxylic acids is 3. The summed E-state index contributed by atoms with van der Waals surface area (Å²) in [5.41, 5.74) is 1.16. The Morgan fingerprint density at radius 2 is 1.82 bits per heavy atom. The van der Waals surface area contributed by atoms with Crippen LogP contribution in [0.1, 0.15) is 38.5 Å². The van der Waals surface area contributed by atoms with Gasteiger partial charge in [0.1, 0.15) is 5.56 Å². The SMILES string of the molecule is COC(=O)CCn1c(C)cc(C(=O)COC(=O)c2ccccc2[N+](=O)[O-])c1C. The molecular formula is C19H20N2O7. The second kappa shape index (κ2) is 8.94. The zero-order chi connectivity index (χ0) is 20.8. The average Bonchev–Trinajstić information content (AvgIpc) is 2.97. The number of aromatic nitrogens is 1. The van der Waals surface area contributed by atoms with Gasteiger partial charge in [0.15, 0.2) is 6.61 Å². The lowest BCUT2D eigenvalue weighted by molar-refractivity contribution is -0.385. The van der Waals surface area contributed by atoms with E-state index in [0.717, 1.165) is 5.69 Å². The van der Waals surface area contributed by atoms with Crippen LogP contribution < -0.4 is 0 Å². The first-order valence-corrected chi connectivity index (χ1v) is 8.43. The van der Waals surface area contributed by atoms with Crippen LogP contribution in [0.3, 0.4) is 0 Å². The zero-order valence-electron chi connectivity index (χ0n) is 15.8. The molecule has 148 valence electrons. The first kappa shape index (κ1) is 20.8. The minimum absolute atomic E-state index is 0.160. The van der Waals surface area contributed by atoms with Gasteiger partial charge in [0.25, 0.3) is 5.69 Å². The topological polar surface area (TPSA) is 118 Å². The van der Waals surface area contributed by atoms with Crippen molar-refractivity contribution < 1.29 is 28.8 Å². The molecule has 0 aliphatic heterocycles. The van der Waals surface area contributed by atoms with Crippen LogP contribution in [0.15, 0.2) is 30.3 Å². The largest absolute Gasteiger partial charge is 0.469 e. The molecule has 9 nitrogen and oxygen atoms in total. The van der Waals surface area contributed by atoms with Crippen molar-refractivity contribution in [1.82, 2.24) is 4.57 Å². The molecule has 1 aromatic heterocycles. The van der Waals surface area contributed by atoms with Crippen molar-refractivity contribution in [2.24, 2.45) is 0 Å². The maximum Gasteiger partial charge on any atom is 0.345 e. The molecule has 0 saturated carbocycles. The molecule has 0 radical (unpaired) electrons.